The summed E-state index contributed by atoms with van der Waals surface area (Å²) >= 11 is 0. The Bertz CT molecular complexity index is 650. The van der Waals surface area contributed by atoms with Crippen LogP contribution in [0.2, 0.25) is 0 Å². The maximum Gasteiger partial charge on any atom is 0.243 e. The van der Waals surface area contributed by atoms with Crippen LogP contribution in [-0.2, 0) is 14.8 Å². The molecular weight excluding hydrogens is 326 g/mol. The number of nitrogens with zero attached hydrogens (tertiary/aromatic N) is 2. The van der Waals surface area contributed by atoms with Crippen molar-refractivity contribution in [3.63, 3.8) is 0 Å². The first-order chi connectivity index (χ1) is 11.4. The Balaban J connectivity index is 2.13. The summed E-state index contributed by atoms with van der Waals surface area (Å²) in [7, 11) is -3.66. The van der Waals surface area contributed by atoms with Crippen LogP contribution in [0.25, 0.3) is 0 Å². The number of hydrogen-bond acceptors (Lipinski definition) is 4. The molecule has 2 rings (SSSR count). The Morgan fingerprint density at radius 1 is 1.21 bits per heavy atom. The quantitative estimate of drug-likeness (QED) is 0.836. The normalized spacial score (nSPS) is 16.0. The lowest BCUT2D eigenvalue weighted by Crippen LogP contribution is -2.50. The third-order valence-corrected chi connectivity index (χ3v) is 6.25. The predicted molar refractivity (Wildman–Crippen MR) is 94.4 cm³/mol. The number of hydrogen-bond donors (Lipinski definition) is 1. The first-order valence-electron chi connectivity index (χ1n) is 8.45. The molecule has 1 aromatic rings. The van der Waals surface area contributed by atoms with E-state index in [1.165, 1.54) is 4.31 Å². The van der Waals surface area contributed by atoms with E-state index >= 15 is 0 Å². The van der Waals surface area contributed by atoms with Crippen LogP contribution in [0, 0.1) is 0 Å². The van der Waals surface area contributed by atoms with E-state index in [0.717, 1.165) is 18.7 Å². The summed E-state index contributed by atoms with van der Waals surface area (Å²) in [5, 5.41) is 3.18. The van der Waals surface area contributed by atoms with Crippen LogP contribution in [0.1, 0.15) is 32.3 Å². The molecule has 0 aliphatic carbocycles. The van der Waals surface area contributed by atoms with Gasteiger partial charge in [0.05, 0.1) is 11.4 Å². The SMILES string of the molecule is CCN(CC(=O)N1CCNCC1)S(=O)(=O)c1ccc(C(C)C)cc1. The summed E-state index contributed by atoms with van der Waals surface area (Å²) in [4.78, 5) is 14.3. The van der Waals surface area contributed by atoms with Crippen molar-refractivity contribution in [1.29, 1.82) is 0 Å². The van der Waals surface area contributed by atoms with Gasteiger partial charge in [-0.25, -0.2) is 8.42 Å². The molecule has 1 aliphatic heterocycles. The Morgan fingerprint density at radius 2 is 1.79 bits per heavy atom. The van der Waals surface area contributed by atoms with Crippen LogP contribution in [0.4, 0.5) is 0 Å². The van der Waals surface area contributed by atoms with Crippen molar-refractivity contribution in [1.82, 2.24) is 14.5 Å². The fourth-order valence-electron chi connectivity index (χ4n) is 2.71. The van der Waals surface area contributed by atoms with E-state index < -0.39 is 10.0 Å². The zero-order chi connectivity index (χ0) is 17.7. The Labute approximate surface area is 144 Å². The zero-order valence-electron chi connectivity index (χ0n) is 14.7. The second-order valence-electron chi connectivity index (χ2n) is 6.29. The molecule has 1 fully saturated rings. The molecule has 1 N–H and O–H groups in total. The van der Waals surface area contributed by atoms with Gasteiger partial charge in [0.15, 0.2) is 0 Å². The lowest BCUT2D eigenvalue weighted by Gasteiger charge is -2.29. The van der Waals surface area contributed by atoms with Crippen molar-refractivity contribution < 1.29 is 13.2 Å². The third-order valence-electron chi connectivity index (χ3n) is 4.32. The van der Waals surface area contributed by atoms with E-state index in [9.17, 15) is 13.2 Å². The Kier molecular flexibility index (Phi) is 6.37. The van der Waals surface area contributed by atoms with E-state index in [1.807, 2.05) is 12.1 Å². The number of piperazine rings is 1. The number of carbonyl (C=O) groups excluding carboxylic acids is 1. The van der Waals surface area contributed by atoms with Crippen LogP contribution in [0.5, 0.6) is 0 Å². The molecule has 0 aromatic heterocycles. The molecule has 0 atom stereocenters. The van der Waals surface area contributed by atoms with Gasteiger partial charge in [0, 0.05) is 32.7 Å². The highest BCUT2D eigenvalue weighted by Gasteiger charge is 2.27. The van der Waals surface area contributed by atoms with Crippen LogP contribution in [0.3, 0.4) is 0 Å². The van der Waals surface area contributed by atoms with Gasteiger partial charge < -0.3 is 10.2 Å². The molecule has 1 aliphatic rings. The average Bonchev–Trinajstić information content (AvgIpc) is 2.60. The molecule has 1 saturated heterocycles. The van der Waals surface area contributed by atoms with Crippen molar-refractivity contribution in [3.05, 3.63) is 29.8 Å². The molecule has 134 valence electrons. The van der Waals surface area contributed by atoms with Gasteiger partial charge in [-0.15, -0.1) is 0 Å². The van der Waals surface area contributed by atoms with Crippen molar-refractivity contribution >= 4 is 15.9 Å². The molecule has 6 nitrogen and oxygen atoms in total. The van der Waals surface area contributed by atoms with Gasteiger partial charge in [-0.2, -0.15) is 4.31 Å². The van der Waals surface area contributed by atoms with Gasteiger partial charge in [0.1, 0.15) is 0 Å². The standard InChI is InChI=1S/C17H27N3O3S/c1-4-20(13-17(21)19-11-9-18-10-12-19)24(22,23)16-7-5-15(6-8-16)14(2)3/h5-8,14,18H,4,9-13H2,1-3H3. The summed E-state index contributed by atoms with van der Waals surface area (Å²) in [6.45, 7) is 8.80. The Hall–Kier alpha value is -1.44. The minimum Gasteiger partial charge on any atom is -0.339 e. The van der Waals surface area contributed by atoms with Crippen molar-refractivity contribution in [3.8, 4) is 0 Å². The fourth-order valence-corrected chi connectivity index (χ4v) is 4.10. The van der Waals surface area contributed by atoms with E-state index in [0.29, 0.717) is 19.0 Å². The van der Waals surface area contributed by atoms with E-state index in [4.69, 9.17) is 0 Å². The lowest BCUT2D eigenvalue weighted by molar-refractivity contribution is -0.131. The summed E-state index contributed by atoms with van der Waals surface area (Å²) in [6.07, 6.45) is 0. The highest BCUT2D eigenvalue weighted by Crippen LogP contribution is 2.20. The van der Waals surface area contributed by atoms with Crippen LogP contribution in [-0.4, -0.2) is 62.8 Å². The molecule has 0 radical (unpaired) electrons. The van der Waals surface area contributed by atoms with Crippen molar-refractivity contribution in [2.75, 3.05) is 39.3 Å². The maximum absolute atomic E-state index is 12.8. The smallest absolute Gasteiger partial charge is 0.243 e. The number of rotatable bonds is 6. The van der Waals surface area contributed by atoms with Gasteiger partial charge in [-0.3, -0.25) is 4.79 Å². The molecule has 0 bridgehead atoms. The minimum absolute atomic E-state index is 0.106. The fraction of sp³-hybridized carbons (Fsp3) is 0.588. The number of sulfonamides is 1. The van der Waals surface area contributed by atoms with Crippen molar-refractivity contribution in [2.24, 2.45) is 0 Å². The Morgan fingerprint density at radius 3 is 2.29 bits per heavy atom. The molecule has 0 spiro atoms. The number of amides is 1. The highest BCUT2D eigenvalue weighted by molar-refractivity contribution is 7.89. The molecule has 1 aromatic carbocycles. The molecule has 0 saturated carbocycles. The largest absolute Gasteiger partial charge is 0.339 e. The van der Waals surface area contributed by atoms with E-state index in [2.05, 4.69) is 19.2 Å². The molecule has 0 unspecified atom stereocenters. The predicted octanol–water partition coefficient (Wildman–Crippen LogP) is 1.25. The number of carbonyl (C=O) groups is 1. The van der Waals surface area contributed by atoms with Gasteiger partial charge in [-0.05, 0) is 23.6 Å². The van der Waals surface area contributed by atoms with Crippen LogP contribution >= 0.6 is 0 Å². The third kappa shape index (κ3) is 4.34. The maximum atomic E-state index is 12.8. The first kappa shape index (κ1) is 18.9. The summed E-state index contributed by atoms with van der Waals surface area (Å²) in [5.41, 5.74) is 1.09. The summed E-state index contributed by atoms with van der Waals surface area (Å²) < 4.78 is 26.9. The average molecular weight is 353 g/mol. The van der Waals surface area contributed by atoms with Gasteiger partial charge in [-0.1, -0.05) is 32.9 Å². The molecule has 1 amide bonds. The summed E-state index contributed by atoms with van der Waals surface area (Å²) in [5.74, 6) is 0.207. The molecule has 24 heavy (non-hydrogen) atoms. The van der Waals surface area contributed by atoms with Crippen molar-refractivity contribution in [2.45, 2.75) is 31.6 Å². The number of benzene rings is 1. The first-order valence-corrected chi connectivity index (χ1v) is 9.89. The number of likely N-dealkylation sites (N-methyl/N-ethyl adjacent to an activating group) is 1. The number of nitrogens with one attached hydrogen (secondary N) is 1. The van der Waals surface area contributed by atoms with Gasteiger partial charge in [0.25, 0.3) is 0 Å². The van der Waals surface area contributed by atoms with E-state index in [-0.39, 0.29) is 23.9 Å². The minimum atomic E-state index is -3.66. The molecular formula is C17H27N3O3S. The van der Waals surface area contributed by atoms with Gasteiger partial charge in [0.2, 0.25) is 15.9 Å². The van der Waals surface area contributed by atoms with Gasteiger partial charge >= 0.3 is 0 Å². The summed E-state index contributed by atoms with van der Waals surface area (Å²) in [6, 6.07) is 6.93. The molecule has 1 heterocycles. The van der Waals surface area contributed by atoms with Crippen LogP contribution in [0.15, 0.2) is 29.2 Å². The highest BCUT2D eigenvalue weighted by atomic mass is 32.2. The van der Waals surface area contributed by atoms with Crippen LogP contribution < -0.4 is 5.32 Å². The second-order valence-corrected chi connectivity index (χ2v) is 8.22. The van der Waals surface area contributed by atoms with E-state index in [1.54, 1.807) is 24.0 Å². The zero-order valence-corrected chi connectivity index (χ0v) is 15.5. The molecule has 7 heteroatoms. The topological polar surface area (TPSA) is 69.7 Å². The second kappa shape index (κ2) is 8.09. The lowest BCUT2D eigenvalue weighted by atomic mass is 10.0. The monoisotopic (exact) mass is 353 g/mol.